The minimum absolute atomic E-state index is 0.0779. The summed E-state index contributed by atoms with van der Waals surface area (Å²) in [5.74, 6) is 1.08. The number of rotatable bonds is 5. The molecule has 1 fully saturated rings. The smallest absolute Gasteiger partial charge is 0.250 e. The number of aryl methyl sites for hydroxylation is 1. The summed E-state index contributed by atoms with van der Waals surface area (Å²) < 4.78 is 5.05. The maximum absolute atomic E-state index is 11.6. The average molecular weight is 235 g/mol. The van der Waals surface area contributed by atoms with Gasteiger partial charge in [0.15, 0.2) is 0 Å². The predicted molar refractivity (Wildman–Crippen MR) is 63.9 cm³/mol. The average Bonchev–Trinajstić information content (AvgIpc) is 3.13. The van der Waals surface area contributed by atoms with Gasteiger partial charge in [-0.3, -0.25) is 4.79 Å². The number of nitrogens with one attached hydrogen (secondary N) is 1. The molecule has 0 saturated heterocycles. The highest BCUT2D eigenvalue weighted by Crippen LogP contribution is 2.42. The lowest BCUT2D eigenvalue weighted by Crippen LogP contribution is -2.19. The predicted octanol–water partition coefficient (Wildman–Crippen LogP) is 1.64. The molecule has 1 amide bonds. The summed E-state index contributed by atoms with van der Waals surface area (Å²) in [5, 5.41) is 2.80. The highest BCUT2D eigenvalue weighted by molar-refractivity contribution is 5.92. The van der Waals surface area contributed by atoms with Crippen LogP contribution in [0.4, 0.5) is 5.69 Å². The molecule has 0 radical (unpaired) electrons. The van der Waals surface area contributed by atoms with Crippen LogP contribution in [-0.2, 0) is 9.53 Å². The first-order chi connectivity index (χ1) is 8.20. The summed E-state index contributed by atoms with van der Waals surface area (Å²) in [4.78, 5) is 20.1. The number of hydrogen-bond donors (Lipinski definition) is 1. The van der Waals surface area contributed by atoms with E-state index in [0.29, 0.717) is 12.5 Å². The first kappa shape index (κ1) is 12.0. The Labute approximate surface area is 101 Å². The zero-order valence-electron chi connectivity index (χ0n) is 10.2. The van der Waals surface area contributed by atoms with Crippen molar-refractivity contribution in [2.24, 2.45) is 0 Å². The fourth-order valence-electron chi connectivity index (χ4n) is 1.63. The van der Waals surface area contributed by atoms with Crippen LogP contribution in [0.1, 0.15) is 37.2 Å². The standard InChI is InChI=1S/C12H17N3O2/c1-3-17-7-11(16)15-10-6-13-8(2)14-12(10)9-4-5-9/h6,9H,3-5,7H2,1-2H3,(H,15,16). The van der Waals surface area contributed by atoms with Gasteiger partial charge in [-0.15, -0.1) is 0 Å². The van der Waals surface area contributed by atoms with Crippen LogP contribution in [0.5, 0.6) is 0 Å². The number of aromatic nitrogens is 2. The van der Waals surface area contributed by atoms with Crippen molar-refractivity contribution < 1.29 is 9.53 Å². The van der Waals surface area contributed by atoms with Gasteiger partial charge < -0.3 is 10.1 Å². The van der Waals surface area contributed by atoms with Crippen LogP contribution in [0.15, 0.2) is 6.20 Å². The van der Waals surface area contributed by atoms with E-state index in [1.807, 2.05) is 13.8 Å². The van der Waals surface area contributed by atoms with E-state index in [2.05, 4.69) is 15.3 Å². The minimum Gasteiger partial charge on any atom is -0.372 e. The third-order valence-corrected chi connectivity index (χ3v) is 2.61. The van der Waals surface area contributed by atoms with Crippen LogP contribution >= 0.6 is 0 Å². The zero-order valence-corrected chi connectivity index (χ0v) is 10.2. The van der Waals surface area contributed by atoms with Gasteiger partial charge in [-0.1, -0.05) is 0 Å². The first-order valence-corrected chi connectivity index (χ1v) is 5.92. The van der Waals surface area contributed by atoms with Gasteiger partial charge in [0.05, 0.1) is 17.6 Å². The Kier molecular flexibility index (Phi) is 3.68. The Balaban J connectivity index is 2.06. The number of carbonyl (C=O) groups excluding carboxylic acids is 1. The largest absolute Gasteiger partial charge is 0.372 e. The highest BCUT2D eigenvalue weighted by atomic mass is 16.5. The molecule has 17 heavy (non-hydrogen) atoms. The number of carbonyl (C=O) groups is 1. The van der Waals surface area contributed by atoms with E-state index < -0.39 is 0 Å². The second-order valence-corrected chi connectivity index (χ2v) is 4.18. The summed E-state index contributed by atoms with van der Waals surface area (Å²) in [6.45, 7) is 4.33. The van der Waals surface area contributed by atoms with Gasteiger partial charge in [0.2, 0.25) is 5.91 Å². The van der Waals surface area contributed by atoms with E-state index in [9.17, 15) is 4.79 Å². The third-order valence-electron chi connectivity index (χ3n) is 2.61. The molecule has 5 heteroatoms. The Morgan fingerprint density at radius 2 is 2.35 bits per heavy atom. The van der Waals surface area contributed by atoms with Gasteiger partial charge in [-0.25, -0.2) is 9.97 Å². The van der Waals surface area contributed by atoms with Gasteiger partial charge in [-0.2, -0.15) is 0 Å². The molecule has 0 spiro atoms. The molecule has 92 valence electrons. The molecule has 1 N–H and O–H groups in total. The Bertz CT molecular complexity index is 416. The zero-order chi connectivity index (χ0) is 12.3. The Morgan fingerprint density at radius 3 is 3.00 bits per heavy atom. The monoisotopic (exact) mass is 235 g/mol. The minimum atomic E-state index is -0.152. The van der Waals surface area contributed by atoms with Gasteiger partial charge in [0, 0.05) is 12.5 Å². The van der Waals surface area contributed by atoms with Gasteiger partial charge >= 0.3 is 0 Å². The molecule has 1 aromatic heterocycles. The number of hydrogen-bond acceptors (Lipinski definition) is 4. The molecule has 5 nitrogen and oxygen atoms in total. The highest BCUT2D eigenvalue weighted by Gasteiger charge is 2.28. The number of nitrogens with zero attached hydrogens (tertiary/aromatic N) is 2. The number of amides is 1. The Morgan fingerprint density at radius 1 is 1.59 bits per heavy atom. The van der Waals surface area contributed by atoms with Crippen LogP contribution in [-0.4, -0.2) is 29.1 Å². The summed E-state index contributed by atoms with van der Waals surface area (Å²) in [6, 6.07) is 0. The van der Waals surface area contributed by atoms with Crippen LogP contribution < -0.4 is 5.32 Å². The van der Waals surface area contributed by atoms with E-state index in [4.69, 9.17) is 4.74 Å². The number of ether oxygens (including phenoxy) is 1. The molecule has 0 unspecified atom stereocenters. The van der Waals surface area contributed by atoms with Crippen molar-refractivity contribution in [1.29, 1.82) is 0 Å². The normalized spacial score (nSPS) is 14.7. The van der Waals surface area contributed by atoms with E-state index in [-0.39, 0.29) is 12.5 Å². The molecule has 1 aliphatic rings. The molecular formula is C12H17N3O2. The van der Waals surface area contributed by atoms with E-state index in [0.717, 1.165) is 30.0 Å². The fraction of sp³-hybridized carbons (Fsp3) is 0.583. The number of anilines is 1. The summed E-state index contributed by atoms with van der Waals surface area (Å²) >= 11 is 0. The lowest BCUT2D eigenvalue weighted by molar-refractivity contribution is -0.120. The van der Waals surface area contributed by atoms with E-state index in [1.54, 1.807) is 6.20 Å². The third kappa shape index (κ3) is 3.23. The van der Waals surface area contributed by atoms with Gasteiger partial charge in [-0.05, 0) is 26.7 Å². The molecule has 1 saturated carbocycles. The van der Waals surface area contributed by atoms with Crippen molar-refractivity contribution in [3.05, 3.63) is 17.7 Å². The maximum atomic E-state index is 11.6. The summed E-state index contributed by atoms with van der Waals surface area (Å²) in [7, 11) is 0. The molecule has 1 aromatic rings. The fourth-order valence-corrected chi connectivity index (χ4v) is 1.63. The molecule has 1 heterocycles. The molecule has 0 aliphatic heterocycles. The van der Waals surface area contributed by atoms with Crippen molar-refractivity contribution in [1.82, 2.24) is 9.97 Å². The van der Waals surface area contributed by atoms with Crippen LogP contribution in [0.2, 0.25) is 0 Å². The maximum Gasteiger partial charge on any atom is 0.250 e. The van der Waals surface area contributed by atoms with Crippen LogP contribution in [0.25, 0.3) is 0 Å². The molecular weight excluding hydrogens is 218 g/mol. The van der Waals surface area contributed by atoms with Crippen molar-refractivity contribution in [2.45, 2.75) is 32.6 Å². The lowest BCUT2D eigenvalue weighted by Gasteiger charge is -2.09. The second-order valence-electron chi connectivity index (χ2n) is 4.18. The SMILES string of the molecule is CCOCC(=O)Nc1cnc(C)nc1C1CC1. The Hall–Kier alpha value is -1.49. The van der Waals surface area contributed by atoms with Gasteiger partial charge in [0.25, 0.3) is 0 Å². The second kappa shape index (κ2) is 5.23. The topological polar surface area (TPSA) is 64.1 Å². The van der Waals surface area contributed by atoms with Crippen molar-refractivity contribution in [3.8, 4) is 0 Å². The molecule has 0 bridgehead atoms. The van der Waals surface area contributed by atoms with Crippen molar-refractivity contribution >= 4 is 11.6 Å². The van der Waals surface area contributed by atoms with Crippen LogP contribution in [0, 0.1) is 6.92 Å². The summed E-state index contributed by atoms with van der Waals surface area (Å²) in [5.41, 5.74) is 1.69. The first-order valence-electron chi connectivity index (χ1n) is 5.92. The lowest BCUT2D eigenvalue weighted by atomic mass is 10.2. The van der Waals surface area contributed by atoms with Crippen LogP contribution in [0.3, 0.4) is 0 Å². The van der Waals surface area contributed by atoms with Crippen molar-refractivity contribution in [3.63, 3.8) is 0 Å². The molecule has 0 aromatic carbocycles. The van der Waals surface area contributed by atoms with Crippen molar-refractivity contribution in [2.75, 3.05) is 18.5 Å². The quantitative estimate of drug-likeness (QED) is 0.842. The molecule has 1 aliphatic carbocycles. The molecule has 0 atom stereocenters. The van der Waals surface area contributed by atoms with E-state index in [1.165, 1.54) is 0 Å². The van der Waals surface area contributed by atoms with E-state index >= 15 is 0 Å². The van der Waals surface area contributed by atoms with Gasteiger partial charge in [0.1, 0.15) is 12.4 Å². The molecule has 2 rings (SSSR count). The summed E-state index contributed by atoms with van der Waals surface area (Å²) in [6.07, 6.45) is 3.97.